The van der Waals surface area contributed by atoms with Crippen LogP contribution in [0.15, 0.2) is 5.16 Å². The van der Waals surface area contributed by atoms with E-state index in [1.54, 1.807) is 0 Å². The van der Waals surface area contributed by atoms with Crippen LogP contribution in [-0.4, -0.2) is 46.7 Å². The van der Waals surface area contributed by atoms with Gasteiger partial charge in [-0.15, -0.1) is 0 Å². The molecule has 0 unspecified atom stereocenters. The SMILES string of the molecule is NC(=NO)C1(C(=O)N2CCC(CO)CC2)CCCCCC1. The molecule has 0 radical (unpaired) electrons. The van der Waals surface area contributed by atoms with Crippen LogP contribution in [0.5, 0.6) is 0 Å². The molecule has 0 aromatic carbocycles. The molecule has 1 amide bonds. The van der Waals surface area contributed by atoms with Gasteiger partial charge in [0.1, 0.15) is 5.41 Å². The summed E-state index contributed by atoms with van der Waals surface area (Å²) in [6.07, 6.45) is 7.07. The minimum atomic E-state index is -0.822. The van der Waals surface area contributed by atoms with E-state index >= 15 is 0 Å². The topological polar surface area (TPSA) is 99.2 Å². The zero-order valence-corrected chi connectivity index (χ0v) is 12.6. The van der Waals surface area contributed by atoms with Crippen molar-refractivity contribution in [2.45, 2.75) is 51.4 Å². The van der Waals surface area contributed by atoms with Crippen LogP contribution >= 0.6 is 0 Å². The van der Waals surface area contributed by atoms with E-state index in [1.807, 2.05) is 4.90 Å². The van der Waals surface area contributed by atoms with Crippen LogP contribution < -0.4 is 5.73 Å². The summed E-state index contributed by atoms with van der Waals surface area (Å²) >= 11 is 0. The van der Waals surface area contributed by atoms with E-state index in [0.29, 0.717) is 31.8 Å². The van der Waals surface area contributed by atoms with E-state index in [4.69, 9.17) is 10.9 Å². The number of hydrogen-bond donors (Lipinski definition) is 3. The molecule has 1 heterocycles. The Morgan fingerprint density at radius 1 is 1.19 bits per heavy atom. The predicted molar refractivity (Wildman–Crippen MR) is 79.9 cm³/mol. The Bertz CT molecular complexity index is 382. The third kappa shape index (κ3) is 3.31. The number of carbonyl (C=O) groups excluding carboxylic acids is 1. The fourth-order valence-electron chi connectivity index (χ4n) is 3.63. The summed E-state index contributed by atoms with van der Waals surface area (Å²) < 4.78 is 0. The molecule has 6 nitrogen and oxygen atoms in total. The molecule has 120 valence electrons. The Morgan fingerprint density at radius 2 is 1.76 bits per heavy atom. The first-order valence-electron chi connectivity index (χ1n) is 8.02. The summed E-state index contributed by atoms with van der Waals surface area (Å²) in [6, 6.07) is 0. The second-order valence-electron chi connectivity index (χ2n) is 6.40. The molecule has 1 saturated carbocycles. The van der Waals surface area contributed by atoms with Gasteiger partial charge in [0.05, 0.1) is 0 Å². The number of carbonyl (C=O) groups is 1. The molecule has 0 aromatic heterocycles. The van der Waals surface area contributed by atoms with Crippen molar-refractivity contribution in [2.75, 3.05) is 19.7 Å². The number of amidine groups is 1. The van der Waals surface area contributed by atoms with Crippen LogP contribution in [-0.2, 0) is 4.79 Å². The number of amides is 1. The maximum Gasteiger partial charge on any atom is 0.236 e. The van der Waals surface area contributed by atoms with E-state index < -0.39 is 5.41 Å². The molecular formula is C15H27N3O3. The largest absolute Gasteiger partial charge is 0.409 e. The summed E-state index contributed by atoms with van der Waals surface area (Å²) in [5.74, 6) is 0.373. The highest BCUT2D eigenvalue weighted by molar-refractivity contribution is 6.06. The van der Waals surface area contributed by atoms with Crippen LogP contribution in [0.3, 0.4) is 0 Å². The van der Waals surface area contributed by atoms with E-state index in [2.05, 4.69) is 5.16 Å². The first-order chi connectivity index (χ1) is 10.1. The average Bonchev–Trinajstić information content (AvgIpc) is 2.80. The van der Waals surface area contributed by atoms with Crippen molar-refractivity contribution in [1.29, 1.82) is 0 Å². The van der Waals surface area contributed by atoms with Gasteiger partial charge in [0.25, 0.3) is 0 Å². The highest BCUT2D eigenvalue weighted by Gasteiger charge is 2.45. The molecule has 6 heteroatoms. The van der Waals surface area contributed by atoms with Crippen molar-refractivity contribution in [1.82, 2.24) is 4.90 Å². The van der Waals surface area contributed by atoms with E-state index in [0.717, 1.165) is 38.5 Å². The molecule has 0 spiro atoms. The van der Waals surface area contributed by atoms with Crippen LogP contribution in [0.25, 0.3) is 0 Å². The van der Waals surface area contributed by atoms with Crippen molar-refractivity contribution in [3.63, 3.8) is 0 Å². The first-order valence-corrected chi connectivity index (χ1v) is 8.02. The molecular weight excluding hydrogens is 270 g/mol. The summed E-state index contributed by atoms with van der Waals surface area (Å²) in [7, 11) is 0. The van der Waals surface area contributed by atoms with E-state index in [1.165, 1.54) is 0 Å². The van der Waals surface area contributed by atoms with Gasteiger partial charge >= 0.3 is 0 Å². The van der Waals surface area contributed by atoms with Crippen LogP contribution in [0, 0.1) is 11.3 Å². The lowest BCUT2D eigenvalue weighted by Crippen LogP contribution is -2.53. The Balaban J connectivity index is 2.15. The van der Waals surface area contributed by atoms with Crippen LogP contribution in [0.2, 0.25) is 0 Å². The summed E-state index contributed by atoms with van der Waals surface area (Å²) in [6.45, 7) is 1.50. The third-order valence-electron chi connectivity index (χ3n) is 5.12. The number of aliphatic hydroxyl groups is 1. The molecule has 2 fully saturated rings. The zero-order valence-electron chi connectivity index (χ0n) is 12.6. The Hall–Kier alpha value is -1.30. The van der Waals surface area contributed by atoms with Gasteiger partial charge in [0, 0.05) is 19.7 Å². The van der Waals surface area contributed by atoms with Gasteiger partial charge in [-0.25, -0.2) is 0 Å². The monoisotopic (exact) mass is 297 g/mol. The molecule has 1 aliphatic heterocycles. The van der Waals surface area contributed by atoms with Gasteiger partial charge in [-0.1, -0.05) is 30.8 Å². The maximum atomic E-state index is 13.0. The Labute approximate surface area is 126 Å². The number of aliphatic hydroxyl groups excluding tert-OH is 1. The number of rotatable bonds is 3. The summed E-state index contributed by atoms with van der Waals surface area (Å²) in [5, 5.41) is 21.5. The molecule has 0 aromatic rings. The van der Waals surface area contributed by atoms with Gasteiger partial charge in [0.2, 0.25) is 5.91 Å². The summed E-state index contributed by atoms with van der Waals surface area (Å²) in [5.41, 5.74) is 5.10. The van der Waals surface area contributed by atoms with Gasteiger partial charge in [0.15, 0.2) is 5.84 Å². The first kappa shape index (κ1) is 16.1. The lowest BCUT2D eigenvalue weighted by Gasteiger charge is -2.39. The highest BCUT2D eigenvalue weighted by atomic mass is 16.4. The number of piperidine rings is 1. The second-order valence-corrected chi connectivity index (χ2v) is 6.40. The molecule has 1 saturated heterocycles. The van der Waals surface area contributed by atoms with Gasteiger partial charge in [-0.2, -0.15) is 0 Å². The second kappa shape index (κ2) is 7.11. The van der Waals surface area contributed by atoms with Crippen molar-refractivity contribution in [3.05, 3.63) is 0 Å². The predicted octanol–water partition coefficient (Wildman–Crippen LogP) is 1.30. The van der Waals surface area contributed by atoms with E-state index in [-0.39, 0.29) is 18.3 Å². The highest BCUT2D eigenvalue weighted by Crippen LogP contribution is 2.38. The lowest BCUT2D eigenvalue weighted by atomic mass is 9.77. The molecule has 0 bridgehead atoms. The zero-order chi connectivity index (χ0) is 15.3. The number of likely N-dealkylation sites (tertiary alicyclic amines) is 1. The van der Waals surface area contributed by atoms with Crippen LogP contribution in [0.4, 0.5) is 0 Å². The number of nitrogens with two attached hydrogens (primary N) is 1. The number of oxime groups is 1. The molecule has 4 N–H and O–H groups in total. The molecule has 1 aliphatic carbocycles. The van der Waals surface area contributed by atoms with Crippen LogP contribution in [0.1, 0.15) is 51.4 Å². The minimum Gasteiger partial charge on any atom is -0.409 e. The standard InChI is InChI=1S/C15H27N3O3/c16-13(17-21)15(7-3-1-2-4-8-15)14(20)18-9-5-12(11-19)6-10-18/h12,19,21H,1-11H2,(H2,16,17). The quantitative estimate of drug-likeness (QED) is 0.240. The third-order valence-corrected chi connectivity index (χ3v) is 5.12. The van der Waals surface area contributed by atoms with Gasteiger partial charge < -0.3 is 20.9 Å². The number of nitrogens with zero attached hydrogens (tertiary/aromatic N) is 2. The van der Waals surface area contributed by atoms with Crippen molar-refractivity contribution >= 4 is 11.7 Å². The lowest BCUT2D eigenvalue weighted by molar-refractivity contribution is -0.140. The molecule has 2 aliphatic rings. The van der Waals surface area contributed by atoms with Crippen molar-refractivity contribution < 1.29 is 15.1 Å². The normalized spacial score (nSPS) is 24.6. The van der Waals surface area contributed by atoms with Crippen molar-refractivity contribution in [2.24, 2.45) is 22.2 Å². The Morgan fingerprint density at radius 3 is 2.24 bits per heavy atom. The Kier molecular flexibility index (Phi) is 5.45. The van der Waals surface area contributed by atoms with Gasteiger partial charge in [-0.05, 0) is 31.6 Å². The summed E-state index contributed by atoms with van der Waals surface area (Å²) in [4.78, 5) is 14.9. The number of hydrogen-bond acceptors (Lipinski definition) is 4. The maximum absolute atomic E-state index is 13.0. The molecule has 21 heavy (non-hydrogen) atoms. The fraction of sp³-hybridized carbons (Fsp3) is 0.867. The molecule has 2 rings (SSSR count). The minimum absolute atomic E-state index is 0.0103. The molecule has 0 atom stereocenters. The average molecular weight is 297 g/mol. The van der Waals surface area contributed by atoms with Gasteiger partial charge in [-0.3, -0.25) is 4.79 Å². The van der Waals surface area contributed by atoms with Crippen molar-refractivity contribution in [3.8, 4) is 0 Å². The fourth-order valence-corrected chi connectivity index (χ4v) is 3.63. The smallest absolute Gasteiger partial charge is 0.236 e. The van der Waals surface area contributed by atoms with E-state index in [9.17, 15) is 9.90 Å².